The highest BCUT2D eigenvalue weighted by molar-refractivity contribution is 5.89. The fraction of sp³-hybridized carbons (Fsp3) is 0.444. The molecule has 1 atom stereocenters. The number of fused-ring (bicyclic) bond motifs is 1. The molecule has 1 aromatic carbocycles. The first-order valence-electron chi connectivity index (χ1n) is 8.56. The van der Waals surface area contributed by atoms with Crippen molar-refractivity contribution in [3.63, 3.8) is 0 Å². The predicted molar refractivity (Wildman–Crippen MR) is 93.4 cm³/mol. The number of nitrogens with one attached hydrogen (secondary N) is 3. The summed E-state index contributed by atoms with van der Waals surface area (Å²) in [5.74, 6) is 0.827. The second-order valence-corrected chi connectivity index (χ2v) is 6.14. The van der Waals surface area contributed by atoms with Crippen molar-refractivity contribution in [1.29, 1.82) is 0 Å². The standard InChI is InChI=1S/C18H24N4O2/c1-2-3-10-24-16-8-6-14(7-9-16)20-18(23)21-15-5-4-13-12-19-22-17(13)11-15/h6-9,12,15H,2-5,10-11H2,1H3,(H,19,22)(H2,20,21,23). The monoisotopic (exact) mass is 328 g/mol. The Balaban J connectivity index is 1.46. The van der Waals surface area contributed by atoms with Crippen LogP contribution in [0.4, 0.5) is 10.5 Å². The van der Waals surface area contributed by atoms with Crippen molar-refractivity contribution < 1.29 is 9.53 Å². The number of urea groups is 1. The maximum Gasteiger partial charge on any atom is 0.319 e. The summed E-state index contributed by atoms with van der Waals surface area (Å²) in [5, 5.41) is 13.0. The maximum absolute atomic E-state index is 12.1. The largest absolute Gasteiger partial charge is 0.494 e. The number of aromatic nitrogens is 2. The van der Waals surface area contributed by atoms with Crippen LogP contribution < -0.4 is 15.4 Å². The van der Waals surface area contributed by atoms with Crippen LogP contribution in [-0.2, 0) is 12.8 Å². The molecule has 3 rings (SSSR count). The highest BCUT2D eigenvalue weighted by atomic mass is 16.5. The van der Waals surface area contributed by atoms with Gasteiger partial charge in [-0.25, -0.2) is 4.79 Å². The summed E-state index contributed by atoms with van der Waals surface area (Å²) in [6, 6.07) is 7.42. The van der Waals surface area contributed by atoms with Crippen LogP contribution in [0.25, 0.3) is 0 Å². The summed E-state index contributed by atoms with van der Waals surface area (Å²) in [6.07, 6.45) is 6.70. The molecule has 0 fully saturated rings. The second-order valence-electron chi connectivity index (χ2n) is 6.14. The van der Waals surface area contributed by atoms with E-state index in [9.17, 15) is 4.79 Å². The van der Waals surface area contributed by atoms with Crippen molar-refractivity contribution in [2.75, 3.05) is 11.9 Å². The third-order valence-corrected chi connectivity index (χ3v) is 4.23. The molecule has 1 unspecified atom stereocenters. The van der Waals surface area contributed by atoms with Gasteiger partial charge in [-0.1, -0.05) is 13.3 Å². The Labute approximate surface area is 142 Å². The van der Waals surface area contributed by atoms with Crippen LogP contribution in [0, 0.1) is 0 Å². The molecule has 128 valence electrons. The van der Waals surface area contributed by atoms with E-state index < -0.39 is 0 Å². The number of ether oxygens (including phenoxy) is 1. The summed E-state index contributed by atoms with van der Waals surface area (Å²) >= 11 is 0. The average Bonchev–Trinajstić information content (AvgIpc) is 3.04. The summed E-state index contributed by atoms with van der Waals surface area (Å²) < 4.78 is 5.62. The van der Waals surface area contributed by atoms with Crippen LogP contribution in [0.2, 0.25) is 0 Å². The fourth-order valence-corrected chi connectivity index (χ4v) is 2.85. The van der Waals surface area contributed by atoms with Gasteiger partial charge in [0.1, 0.15) is 5.75 Å². The van der Waals surface area contributed by atoms with Crippen LogP contribution >= 0.6 is 0 Å². The second kappa shape index (κ2) is 7.86. The number of aryl methyl sites for hydroxylation is 1. The molecule has 0 saturated carbocycles. The maximum atomic E-state index is 12.1. The summed E-state index contributed by atoms with van der Waals surface area (Å²) in [7, 11) is 0. The van der Waals surface area contributed by atoms with Crippen molar-refractivity contribution in [3.8, 4) is 5.75 Å². The van der Waals surface area contributed by atoms with Crippen LogP contribution in [0.5, 0.6) is 5.75 Å². The number of rotatable bonds is 6. The van der Waals surface area contributed by atoms with Crippen LogP contribution in [0.3, 0.4) is 0 Å². The molecule has 24 heavy (non-hydrogen) atoms. The van der Waals surface area contributed by atoms with E-state index in [0.29, 0.717) is 0 Å². The number of amides is 2. The van der Waals surface area contributed by atoms with Crippen molar-refractivity contribution in [3.05, 3.63) is 41.7 Å². The first kappa shape index (κ1) is 16.4. The summed E-state index contributed by atoms with van der Waals surface area (Å²) in [4.78, 5) is 12.1. The van der Waals surface area contributed by atoms with E-state index in [2.05, 4.69) is 27.8 Å². The first-order valence-corrected chi connectivity index (χ1v) is 8.56. The molecule has 6 nitrogen and oxygen atoms in total. The van der Waals surface area contributed by atoms with Gasteiger partial charge in [0, 0.05) is 23.8 Å². The molecule has 1 aliphatic rings. The molecule has 2 aromatic rings. The molecular weight excluding hydrogens is 304 g/mol. The topological polar surface area (TPSA) is 79.0 Å². The van der Waals surface area contributed by atoms with Crippen molar-refractivity contribution in [2.45, 2.75) is 45.1 Å². The van der Waals surface area contributed by atoms with E-state index in [1.807, 2.05) is 30.5 Å². The number of aromatic amines is 1. The SMILES string of the molecule is CCCCOc1ccc(NC(=O)NC2CCc3cn[nH]c3C2)cc1. The van der Waals surface area contributed by atoms with E-state index in [0.717, 1.165) is 55.8 Å². The number of hydrogen-bond acceptors (Lipinski definition) is 3. The lowest BCUT2D eigenvalue weighted by molar-refractivity contribution is 0.247. The Hall–Kier alpha value is -2.50. The minimum Gasteiger partial charge on any atom is -0.494 e. The zero-order valence-corrected chi connectivity index (χ0v) is 14.0. The molecule has 0 spiro atoms. The van der Waals surface area contributed by atoms with Crippen molar-refractivity contribution in [1.82, 2.24) is 15.5 Å². The average molecular weight is 328 g/mol. The van der Waals surface area contributed by atoms with Crippen LogP contribution in [0.1, 0.15) is 37.4 Å². The Morgan fingerprint density at radius 1 is 1.38 bits per heavy atom. The lowest BCUT2D eigenvalue weighted by atomic mass is 9.94. The van der Waals surface area contributed by atoms with E-state index in [4.69, 9.17) is 4.74 Å². The van der Waals surface area contributed by atoms with Gasteiger partial charge in [0.2, 0.25) is 0 Å². The third kappa shape index (κ3) is 4.28. The summed E-state index contributed by atoms with van der Waals surface area (Å²) in [5.41, 5.74) is 3.14. The van der Waals surface area contributed by atoms with E-state index in [1.54, 1.807) is 0 Å². The van der Waals surface area contributed by atoms with Crippen molar-refractivity contribution >= 4 is 11.7 Å². The molecule has 1 heterocycles. The normalized spacial score (nSPS) is 16.3. The Morgan fingerprint density at radius 2 is 2.21 bits per heavy atom. The van der Waals surface area contributed by atoms with Gasteiger partial charge in [-0.3, -0.25) is 5.10 Å². The fourth-order valence-electron chi connectivity index (χ4n) is 2.85. The number of unbranched alkanes of at least 4 members (excludes halogenated alkanes) is 1. The van der Waals surface area contributed by atoms with Gasteiger partial charge in [0.25, 0.3) is 0 Å². The molecule has 0 radical (unpaired) electrons. The van der Waals surface area contributed by atoms with Gasteiger partial charge >= 0.3 is 6.03 Å². The lowest BCUT2D eigenvalue weighted by Gasteiger charge is -2.23. The smallest absolute Gasteiger partial charge is 0.319 e. The highest BCUT2D eigenvalue weighted by Crippen LogP contribution is 2.19. The highest BCUT2D eigenvalue weighted by Gasteiger charge is 2.21. The molecular formula is C18H24N4O2. The summed E-state index contributed by atoms with van der Waals surface area (Å²) in [6.45, 7) is 2.86. The number of benzene rings is 1. The van der Waals surface area contributed by atoms with Gasteiger partial charge in [-0.05, 0) is 49.1 Å². The van der Waals surface area contributed by atoms with Gasteiger partial charge in [-0.15, -0.1) is 0 Å². The Bertz CT molecular complexity index is 666. The van der Waals surface area contributed by atoms with Crippen molar-refractivity contribution in [2.24, 2.45) is 0 Å². The molecule has 6 heteroatoms. The van der Waals surface area contributed by atoms with Crippen LogP contribution in [0.15, 0.2) is 30.5 Å². The number of carbonyl (C=O) groups excluding carboxylic acids is 1. The van der Waals surface area contributed by atoms with Crippen LogP contribution in [-0.4, -0.2) is 28.9 Å². The minimum absolute atomic E-state index is 0.134. The van der Waals surface area contributed by atoms with Gasteiger partial charge < -0.3 is 15.4 Å². The van der Waals surface area contributed by atoms with Gasteiger partial charge in [0.05, 0.1) is 12.8 Å². The first-order chi connectivity index (χ1) is 11.7. The molecule has 0 bridgehead atoms. The number of anilines is 1. The third-order valence-electron chi connectivity index (χ3n) is 4.23. The number of H-pyrrole nitrogens is 1. The number of carbonyl (C=O) groups is 1. The van der Waals surface area contributed by atoms with E-state index in [1.165, 1.54) is 5.56 Å². The molecule has 2 amide bonds. The van der Waals surface area contributed by atoms with Gasteiger partial charge in [-0.2, -0.15) is 5.10 Å². The molecule has 3 N–H and O–H groups in total. The number of hydrogen-bond donors (Lipinski definition) is 3. The van der Waals surface area contributed by atoms with E-state index >= 15 is 0 Å². The Kier molecular flexibility index (Phi) is 5.36. The molecule has 0 saturated heterocycles. The molecule has 1 aliphatic carbocycles. The minimum atomic E-state index is -0.178. The Morgan fingerprint density at radius 3 is 3.00 bits per heavy atom. The molecule has 0 aliphatic heterocycles. The quantitative estimate of drug-likeness (QED) is 0.712. The lowest BCUT2D eigenvalue weighted by Crippen LogP contribution is -2.41. The van der Waals surface area contributed by atoms with E-state index in [-0.39, 0.29) is 12.1 Å². The van der Waals surface area contributed by atoms with Gasteiger partial charge in [0.15, 0.2) is 0 Å². The molecule has 1 aromatic heterocycles. The number of nitrogens with zero attached hydrogens (tertiary/aromatic N) is 1. The zero-order chi connectivity index (χ0) is 16.8. The predicted octanol–water partition coefficient (Wildman–Crippen LogP) is 3.27. The zero-order valence-electron chi connectivity index (χ0n) is 14.0.